The van der Waals surface area contributed by atoms with Gasteiger partial charge in [0.15, 0.2) is 0 Å². The van der Waals surface area contributed by atoms with E-state index in [2.05, 4.69) is 15.0 Å². The number of pyridine rings is 1. The van der Waals surface area contributed by atoms with Gasteiger partial charge in [-0.2, -0.15) is 13.2 Å². The molecule has 0 spiro atoms. The van der Waals surface area contributed by atoms with Crippen LogP contribution < -0.4 is 5.73 Å². The van der Waals surface area contributed by atoms with Gasteiger partial charge in [-0.15, -0.1) is 0 Å². The van der Waals surface area contributed by atoms with Crippen molar-refractivity contribution >= 4 is 5.84 Å². The molecule has 0 amide bonds. The first kappa shape index (κ1) is 23.7. The summed E-state index contributed by atoms with van der Waals surface area (Å²) in [5.74, 6) is -4.55. The van der Waals surface area contributed by atoms with Gasteiger partial charge >= 0.3 is 12.1 Å². The fraction of sp³-hybridized carbons (Fsp3) is 0.318. The molecular weight excluding hydrogens is 464 g/mol. The van der Waals surface area contributed by atoms with Gasteiger partial charge in [-0.1, -0.05) is 0 Å². The minimum absolute atomic E-state index is 0.153. The molecule has 1 atom stereocenters. The maximum Gasteiger partial charge on any atom is 0.417 e. The number of nitrogens with two attached hydrogens (primary N) is 1. The first-order valence-electron chi connectivity index (χ1n) is 10.0. The van der Waals surface area contributed by atoms with Crippen LogP contribution in [0.25, 0.3) is 17.1 Å². The van der Waals surface area contributed by atoms with E-state index in [1.54, 1.807) is 0 Å². The third-order valence-corrected chi connectivity index (χ3v) is 5.53. The highest BCUT2D eigenvalue weighted by atomic mass is 19.4. The Bertz CT molecular complexity index is 1230. The minimum Gasteiger partial charge on any atom is -0.386 e. The molecule has 0 bridgehead atoms. The van der Waals surface area contributed by atoms with Crippen LogP contribution in [0.5, 0.6) is 0 Å². The van der Waals surface area contributed by atoms with Crippen LogP contribution in [0.4, 0.5) is 26.3 Å². The minimum atomic E-state index is -4.53. The molecule has 0 radical (unpaired) electrons. The van der Waals surface area contributed by atoms with Crippen LogP contribution in [-0.4, -0.2) is 38.5 Å². The molecule has 1 unspecified atom stereocenters. The number of ether oxygens (including phenoxy) is 1. The Morgan fingerprint density at radius 3 is 2.50 bits per heavy atom. The number of hydrogen-bond donors (Lipinski definition) is 1. The lowest BCUT2D eigenvalue weighted by atomic mass is 9.88. The van der Waals surface area contributed by atoms with E-state index in [1.165, 1.54) is 43.1 Å². The summed E-state index contributed by atoms with van der Waals surface area (Å²) in [6, 6.07) is 3.65. The van der Waals surface area contributed by atoms with E-state index < -0.39 is 40.7 Å². The Labute approximate surface area is 190 Å². The van der Waals surface area contributed by atoms with Crippen LogP contribution in [0, 0.1) is 5.82 Å². The lowest BCUT2D eigenvalue weighted by molar-refractivity contribution is -0.191. The molecule has 0 fully saturated rings. The number of alkyl halides is 5. The summed E-state index contributed by atoms with van der Waals surface area (Å²) in [6.07, 6.45) is -1.11. The van der Waals surface area contributed by atoms with Crippen molar-refractivity contribution in [2.24, 2.45) is 10.7 Å². The molecule has 1 aromatic carbocycles. The quantitative estimate of drug-likeness (QED) is 0.536. The third kappa shape index (κ3) is 4.25. The number of benzene rings is 1. The number of halogens is 6. The van der Waals surface area contributed by atoms with Crippen molar-refractivity contribution in [2.75, 3.05) is 6.61 Å². The van der Waals surface area contributed by atoms with E-state index in [9.17, 15) is 17.6 Å². The number of imidazole rings is 1. The maximum atomic E-state index is 15.3. The average Bonchev–Trinajstić information content (AvgIpc) is 3.23. The van der Waals surface area contributed by atoms with Crippen molar-refractivity contribution in [3.05, 3.63) is 66.0 Å². The van der Waals surface area contributed by atoms with Gasteiger partial charge in [-0.25, -0.2) is 23.1 Å². The van der Waals surface area contributed by atoms with Gasteiger partial charge in [0.25, 0.3) is 0 Å². The fourth-order valence-corrected chi connectivity index (χ4v) is 3.45. The number of hydrogen-bond acceptors (Lipinski definition) is 5. The van der Waals surface area contributed by atoms with Crippen molar-refractivity contribution < 1.29 is 31.1 Å². The SMILES string of the molecule is CC1(C)OCC(N)=NC(c2cc(-c3cn(-c4ccc(C(F)(F)F)cn4)cn3)ccc2F)C1(F)F. The van der Waals surface area contributed by atoms with Crippen LogP contribution in [-0.2, 0) is 10.9 Å². The number of aromatic nitrogens is 3. The molecule has 0 saturated heterocycles. The van der Waals surface area contributed by atoms with Gasteiger partial charge in [-0.05, 0) is 44.2 Å². The lowest BCUT2D eigenvalue weighted by Gasteiger charge is -2.35. The Morgan fingerprint density at radius 1 is 1.12 bits per heavy atom. The van der Waals surface area contributed by atoms with Crippen LogP contribution in [0.3, 0.4) is 0 Å². The highest BCUT2D eigenvalue weighted by Gasteiger charge is 2.56. The number of nitrogens with zero attached hydrogens (tertiary/aromatic N) is 4. The predicted molar refractivity (Wildman–Crippen MR) is 111 cm³/mol. The number of rotatable bonds is 3. The van der Waals surface area contributed by atoms with E-state index in [4.69, 9.17) is 10.5 Å². The topological polar surface area (TPSA) is 78.3 Å². The first-order valence-corrected chi connectivity index (χ1v) is 10.0. The fourth-order valence-electron chi connectivity index (χ4n) is 3.45. The Hall–Kier alpha value is -3.41. The van der Waals surface area contributed by atoms with E-state index in [0.717, 1.165) is 18.2 Å². The van der Waals surface area contributed by atoms with Crippen molar-refractivity contribution in [2.45, 2.75) is 37.6 Å². The molecule has 12 heteroatoms. The van der Waals surface area contributed by atoms with E-state index in [1.807, 2.05) is 0 Å². The van der Waals surface area contributed by atoms with Crippen LogP contribution >= 0.6 is 0 Å². The van der Waals surface area contributed by atoms with E-state index >= 15 is 8.78 Å². The smallest absolute Gasteiger partial charge is 0.386 e. The third-order valence-electron chi connectivity index (χ3n) is 5.53. The largest absolute Gasteiger partial charge is 0.417 e. The maximum absolute atomic E-state index is 15.3. The average molecular weight is 483 g/mol. The van der Waals surface area contributed by atoms with Crippen molar-refractivity contribution in [3.8, 4) is 17.1 Å². The normalized spacial score (nSPS) is 20.0. The second kappa shape index (κ2) is 8.12. The Morgan fingerprint density at radius 2 is 1.85 bits per heavy atom. The van der Waals surface area contributed by atoms with Crippen LogP contribution in [0.15, 0.2) is 54.0 Å². The van der Waals surface area contributed by atoms with Crippen LogP contribution in [0.2, 0.25) is 0 Å². The second-order valence-corrected chi connectivity index (χ2v) is 8.25. The summed E-state index contributed by atoms with van der Waals surface area (Å²) in [7, 11) is 0. The summed E-state index contributed by atoms with van der Waals surface area (Å²) in [5.41, 5.74) is 2.95. The highest BCUT2D eigenvalue weighted by molar-refractivity contribution is 5.82. The molecule has 0 aliphatic carbocycles. The highest BCUT2D eigenvalue weighted by Crippen LogP contribution is 2.46. The predicted octanol–water partition coefficient (Wildman–Crippen LogP) is 4.93. The van der Waals surface area contributed by atoms with Gasteiger partial charge in [0.1, 0.15) is 42.0 Å². The summed E-state index contributed by atoms with van der Waals surface area (Å²) < 4.78 is 90.0. The summed E-state index contributed by atoms with van der Waals surface area (Å²) >= 11 is 0. The van der Waals surface area contributed by atoms with Gasteiger partial charge in [-0.3, -0.25) is 9.56 Å². The molecule has 34 heavy (non-hydrogen) atoms. The van der Waals surface area contributed by atoms with Gasteiger partial charge in [0.05, 0.1) is 11.3 Å². The Kier molecular flexibility index (Phi) is 5.67. The van der Waals surface area contributed by atoms with Gasteiger partial charge in [0.2, 0.25) is 0 Å². The summed E-state index contributed by atoms with van der Waals surface area (Å²) in [4.78, 5) is 11.8. The first-order chi connectivity index (χ1) is 15.8. The summed E-state index contributed by atoms with van der Waals surface area (Å²) in [6.45, 7) is 2.02. The Balaban J connectivity index is 1.71. The number of amidine groups is 1. The molecular formula is C22H19F6N5O. The van der Waals surface area contributed by atoms with E-state index in [0.29, 0.717) is 6.20 Å². The van der Waals surface area contributed by atoms with E-state index in [-0.39, 0.29) is 29.5 Å². The van der Waals surface area contributed by atoms with Gasteiger partial charge < -0.3 is 10.5 Å². The molecule has 6 nitrogen and oxygen atoms in total. The van der Waals surface area contributed by atoms with Gasteiger partial charge in [0, 0.05) is 23.5 Å². The van der Waals surface area contributed by atoms with Crippen molar-refractivity contribution in [1.29, 1.82) is 0 Å². The molecule has 4 rings (SSSR count). The van der Waals surface area contributed by atoms with Crippen LogP contribution in [0.1, 0.15) is 31.0 Å². The lowest BCUT2D eigenvalue weighted by Crippen LogP contribution is -2.48. The molecule has 3 aromatic rings. The molecule has 1 aliphatic rings. The van der Waals surface area contributed by atoms with Crippen molar-refractivity contribution in [3.63, 3.8) is 0 Å². The molecule has 180 valence electrons. The second-order valence-electron chi connectivity index (χ2n) is 8.25. The molecule has 3 heterocycles. The zero-order valence-electron chi connectivity index (χ0n) is 17.9. The number of aliphatic imine (C=N–C) groups is 1. The zero-order chi connectivity index (χ0) is 24.9. The zero-order valence-corrected chi connectivity index (χ0v) is 17.9. The summed E-state index contributed by atoms with van der Waals surface area (Å²) in [5, 5.41) is 0. The molecule has 1 aliphatic heterocycles. The monoisotopic (exact) mass is 483 g/mol. The van der Waals surface area contributed by atoms with Crippen molar-refractivity contribution in [1.82, 2.24) is 14.5 Å². The standard InChI is InChI=1S/C22H19F6N5O/c1-20(2)21(24,25)19(32-17(29)10-34-20)14-7-12(3-5-15(14)23)16-9-33(11-31-16)18-6-4-13(8-30-18)22(26,27)28/h3-9,11,19H,10H2,1-2H3,(H2,29,32). The molecule has 0 saturated carbocycles. The molecule has 2 aromatic heterocycles. The molecule has 2 N–H and O–H groups in total.